The molecule has 22 heavy (non-hydrogen) atoms. The SMILES string of the molecule is COc1cc(C(=O)O)cc(Cl)c1OCCOc1ccccc1. The predicted molar refractivity (Wildman–Crippen MR) is 82.4 cm³/mol. The molecule has 0 aliphatic heterocycles. The molecule has 0 radical (unpaired) electrons. The van der Waals surface area contributed by atoms with Crippen molar-refractivity contribution in [3.63, 3.8) is 0 Å². The Bertz CT molecular complexity index is 642. The Morgan fingerprint density at radius 1 is 1.14 bits per heavy atom. The number of halogens is 1. The highest BCUT2D eigenvalue weighted by molar-refractivity contribution is 6.32. The summed E-state index contributed by atoms with van der Waals surface area (Å²) in [5, 5.41) is 9.16. The van der Waals surface area contributed by atoms with Crippen LogP contribution in [0.5, 0.6) is 17.2 Å². The Kier molecular flexibility index (Phi) is 5.49. The summed E-state index contributed by atoms with van der Waals surface area (Å²) in [6.45, 7) is 0.571. The van der Waals surface area contributed by atoms with Crippen molar-refractivity contribution in [3.8, 4) is 17.2 Å². The number of hydrogen-bond donors (Lipinski definition) is 1. The van der Waals surface area contributed by atoms with Gasteiger partial charge in [-0.2, -0.15) is 0 Å². The molecular weight excluding hydrogens is 308 g/mol. The lowest BCUT2D eigenvalue weighted by Gasteiger charge is -2.13. The van der Waals surface area contributed by atoms with Gasteiger partial charge in [-0.3, -0.25) is 0 Å². The highest BCUT2D eigenvalue weighted by atomic mass is 35.5. The van der Waals surface area contributed by atoms with Gasteiger partial charge in [-0.25, -0.2) is 4.79 Å². The van der Waals surface area contributed by atoms with Gasteiger partial charge < -0.3 is 19.3 Å². The number of carbonyl (C=O) groups is 1. The Hall–Kier alpha value is -2.40. The van der Waals surface area contributed by atoms with E-state index in [-0.39, 0.29) is 22.9 Å². The molecule has 2 aromatic carbocycles. The molecule has 0 fully saturated rings. The van der Waals surface area contributed by atoms with Crippen molar-refractivity contribution in [2.45, 2.75) is 0 Å². The number of para-hydroxylation sites is 1. The van der Waals surface area contributed by atoms with Gasteiger partial charge in [0.05, 0.1) is 17.7 Å². The third-order valence-corrected chi connectivity index (χ3v) is 3.10. The molecular formula is C16H15ClO5. The quantitative estimate of drug-likeness (QED) is 0.790. The minimum Gasteiger partial charge on any atom is -0.493 e. The van der Waals surface area contributed by atoms with Crippen LogP contribution in [0.4, 0.5) is 0 Å². The van der Waals surface area contributed by atoms with Crippen LogP contribution in [0.3, 0.4) is 0 Å². The molecule has 2 rings (SSSR count). The number of benzene rings is 2. The average Bonchev–Trinajstić information content (AvgIpc) is 2.53. The van der Waals surface area contributed by atoms with Crippen LogP contribution in [-0.4, -0.2) is 31.4 Å². The van der Waals surface area contributed by atoms with E-state index >= 15 is 0 Å². The summed E-state index contributed by atoms with van der Waals surface area (Å²) >= 11 is 6.04. The van der Waals surface area contributed by atoms with Crippen molar-refractivity contribution in [1.29, 1.82) is 0 Å². The van der Waals surface area contributed by atoms with Gasteiger partial charge in [0.1, 0.15) is 19.0 Å². The maximum Gasteiger partial charge on any atom is 0.335 e. The summed E-state index contributed by atoms with van der Waals surface area (Å²) in [6, 6.07) is 12.0. The summed E-state index contributed by atoms with van der Waals surface area (Å²) in [5.41, 5.74) is 0.0368. The van der Waals surface area contributed by atoms with E-state index < -0.39 is 5.97 Å². The zero-order valence-corrected chi connectivity index (χ0v) is 12.7. The summed E-state index contributed by atoms with van der Waals surface area (Å²) in [6.07, 6.45) is 0. The molecule has 0 saturated heterocycles. The fraction of sp³-hybridized carbons (Fsp3) is 0.188. The fourth-order valence-electron chi connectivity index (χ4n) is 1.80. The third-order valence-electron chi connectivity index (χ3n) is 2.82. The molecule has 0 saturated carbocycles. The summed E-state index contributed by atoms with van der Waals surface area (Å²) in [5.74, 6) is 0.222. The molecule has 0 spiro atoms. The number of aromatic carboxylic acids is 1. The van der Waals surface area contributed by atoms with Crippen molar-refractivity contribution in [1.82, 2.24) is 0 Å². The first-order valence-electron chi connectivity index (χ1n) is 6.53. The maximum atomic E-state index is 11.0. The van der Waals surface area contributed by atoms with Crippen LogP contribution < -0.4 is 14.2 Å². The molecule has 0 bridgehead atoms. The predicted octanol–water partition coefficient (Wildman–Crippen LogP) is 3.50. The van der Waals surface area contributed by atoms with Gasteiger partial charge >= 0.3 is 5.97 Å². The van der Waals surface area contributed by atoms with Crippen LogP contribution in [-0.2, 0) is 0 Å². The molecule has 6 heteroatoms. The Morgan fingerprint density at radius 2 is 1.82 bits per heavy atom. The van der Waals surface area contributed by atoms with E-state index in [4.69, 9.17) is 30.9 Å². The number of methoxy groups -OCH3 is 1. The van der Waals surface area contributed by atoms with Crippen molar-refractivity contribution in [2.24, 2.45) is 0 Å². The van der Waals surface area contributed by atoms with Crippen molar-refractivity contribution >= 4 is 17.6 Å². The van der Waals surface area contributed by atoms with Crippen molar-refractivity contribution in [2.75, 3.05) is 20.3 Å². The summed E-state index contributed by atoms with van der Waals surface area (Å²) in [4.78, 5) is 11.0. The highest BCUT2D eigenvalue weighted by Crippen LogP contribution is 2.36. The van der Waals surface area contributed by atoms with Gasteiger partial charge in [0.25, 0.3) is 0 Å². The van der Waals surface area contributed by atoms with Crippen LogP contribution in [0, 0.1) is 0 Å². The molecule has 2 aromatic rings. The van der Waals surface area contributed by atoms with Gasteiger partial charge in [0.2, 0.25) is 0 Å². The number of rotatable bonds is 7. The standard InChI is InChI=1S/C16H15ClO5/c1-20-14-10-11(16(18)19)9-13(17)15(14)22-8-7-21-12-5-3-2-4-6-12/h2-6,9-10H,7-8H2,1H3,(H,18,19). The summed E-state index contributed by atoms with van der Waals surface area (Å²) in [7, 11) is 1.42. The second-order valence-corrected chi connectivity index (χ2v) is 4.71. The van der Waals surface area contributed by atoms with Crippen LogP contribution in [0.15, 0.2) is 42.5 Å². The van der Waals surface area contributed by atoms with Gasteiger partial charge in [-0.1, -0.05) is 29.8 Å². The lowest BCUT2D eigenvalue weighted by Crippen LogP contribution is -2.10. The lowest BCUT2D eigenvalue weighted by atomic mass is 10.2. The van der Waals surface area contributed by atoms with E-state index in [0.29, 0.717) is 12.4 Å². The number of hydrogen-bond acceptors (Lipinski definition) is 4. The molecule has 0 aliphatic rings. The van der Waals surface area contributed by atoms with E-state index in [1.54, 1.807) is 0 Å². The molecule has 1 N–H and O–H groups in total. The summed E-state index contributed by atoms with van der Waals surface area (Å²) < 4.78 is 16.2. The van der Waals surface area contributed by atoms with E-state index in [0.717, 1.165) is 5.75 Å². The molecule has 5 nitrogen and oxygen atoms in total. The third kappa shape index (κ3) is 4.05. The van der Waals surface area contributed by atoms with Gasteiger partial charge in [-0.15, -0.1) is 0 Å². The largest absolute Gasteiger partial charge is 0.493 e. The molecule has 0 aliphatic carbocycles. The molecule has 0 aromatic heterocycles. The van der Waals surface area contributed by atoms with Crippen LogP contribution in [0.25, 0.3) is 0 Å². The van der Waals surface area contributed by atoms with Crippen LogP contribution in [0.1, 0.15) is 10.4 Å². The number of ether oxygens (including phenoxy) is 3. The second kappa shape index (κ2) is 7.56. The van der Waals surface area contributed by atoms with Crippen molar-refractivity contribution < 1.29 is 24.1 Å². The normalized spacial score (nSPS) is 10.1. The zero-order valence-electron chi connectivity index (χ0n) is 11.9. The lowest BCUT2D eigenvalue weighted by molar-refractivity contribution is 0.0696. The second-order valence-electron chi connectivity index (χ2n) is 4.30. The molecule has 0 atom stereocenters. The van der Waals surface area contributed by atoms with Gasteiger partial charge in [0, 0.05) is 0 Å². The fourth-order valence-corrected chi connectivity index (χ4v) is 2.07. The van der Waals surface area contributed by atoms with Crippen LogP contribution >= 0.6 is 11.6 Å². The van der Waals surface area contributed by atoms with E-state index in [1.165, 1.54) is 19.2 Å². The zero-order chi connectivity index (χ0) is 15.9. The Balaban J connectivity index is 1.99. The van der Waals surface area contributed by atoms with Gasteiger partial charge in [0.15, 0.2) is 11.5 Å². The molecule has 0 unspecified atom stereocenters. The Morgan fingerprint density at radius 3 is 2.45 bits per heavy atom. The smallest absolute Gasteiger partial charge is 0.335 e. The maximum absolute atomic E-state index is 11.0. The topological polar surface area (TPSA) is 65.0 Å². The van der Waals surface area contributed by atoms with Gasteiger partial charge in [-0.05, 0) is 24.3 Å². The first-order valence-corrected chi connectivity index (χ1v) is 6.91. The molecule has 0 heterocycles. The number of carboxylic acids is 1. The first-order chi connectivity index (χ1) is 10.6. The minimum atomic E-state index is -1.08. The van der Waals surface area contributed by atoms with E-state index in [1.807, 2.05) is 30.3 Å². The first kappa shape index (κ1) is 16.0. The highest BCUT2D eigenvalue weighted by Gasteiger charge is 2.15. The van der Waals surface area contributed by atoms with Crippen LogP contribution in [0.2, 0.25) is 5.02 Å². The molecule has 116 valence electrons. The van der Waals surface area contributed by atoms with Crippen molar-refractivity contribution in [3.05, 3.63) is 53.1 Å². The Labute approximate surface area is 133 Å². The molecule has 0 amide bonds. The monoisotopic (exact) mass is 322 g/mol. The minimum absolute atomic E-state index is 0.0368. The number of carboxylic acid groups (broad SMARTS) is 1. The van der Waals surface area contributed by atoms with E-state index in [9.17, 15) is 4.79 Å². The average molecular weight is 323 g/mol. The van der Waals surface area contributed by atoms with E-state index in [2.05, 4.69) is 0 Å².